The monoisotopic (exact) mass is 508 g/mol. The number of benzene rings is 1. The van der Waals surface area contributed by atoms with E-state index in [1.807, 2.05) is 16.7 Å². The number of hydrogen-bond acceptors (Lipinski definition) is 7. The molecule has 2 aromatic rings. The SMILES string of the molecule is COc1cccc(CC2(CN3CC4CC(C3)c3cccc(=O)n3C4)C(=O)N(C)C(=O)N(C)C2=O)c1OC. The van der Waals surface area contributed by atoms with Crippen molar-refractivity contribution in [2.75, 3.05) is 47.9 Å². The lowest BCUT2D eigenvalue weighted by Gasteiger charge is -2.48. The zero-order chi connectivity index (χ0) is 26.5. The van der Waals surface area contributed by atoms with E-state index < -0.39 is 23.3 Å². The van der Waals surface area contributed by atoms with Gasteiger partial charge in [0, 0.05) is 64.4 Å². The maximum absolute atomic E-state index is 13.8. The maximum atomic E-state index is 13.8. The fourth-order valence-corrected chi connectivity index (χ4v) is 6.40. The van der Waals surface area contributed by atoms with Crippen molar-refractivity contribution in [3.8, 4) is 11.5 Å². The van der Waals surface area contributed by atoms with Crippen molar-refractivity contribution in [3.05, 3.63) is 58.0 Å². The quantitative estimate of drug-likeness (QED) is 0.546. The molecule has 2 unspecified atom stereocenters. The van der Waals surface area contributed by atoms with E-state index in [2.05, 4.69) is 4.90 Å². The van der Waals surface area contributed by atoms with E-state index in [1.165, 1.54) is 28.3 Å². The minimum absolute atomic E-state index is 0.00152. The number of para-hydroxylation sites is 1. The van der Waals surface area contributed by atoms with Gasteiger partial charge in [0.05, 0.1) is 14.2 Å². The Hall–Kier alpha value is -3.66. The Labute approximate surface area is 215 Å². The first-order chi connectivity index (χ1) is 17.7. The number of carbonyl (C=O) groups is 3. The largest absolute Gasteiger partial charge is 0.493 e. The van der Waals surface area contributed by atoms with Crippen molar-refractivity contribution >= 4 is 17.8 Å². The van der Waals surface area contributed by atoms with Crippen LogP contribution < -0.4 is 15.0 Å². The van der Waals surface area contributed by atoms with Gasteiger partial charge in [-0.1, -0.05) is 18.2 Å². The van der Waals surface area contributed by atoms with Gasteiger partial charge >= 0.3 is 6.03 Å². The van der Waals surface area contributed by atoms with Crippen LogP contribution in [0.1, 0.15) is 23.6 Å². The number of urea groups is 1. The number of carbonyl (C=O) groups excluding carboxylic acids is 3. The molecule has 0 aliphatic carbocycles. The Morgan fingerprint density at radius 1 is 0.892 bits per heavy atom. The number of likely N-dealkylation sites (tertiary alicyclic amines) is 1. The molecule has 2 bridgehead atoms. The van der Waals surface area contributed by atoms with Crippen molar-refractivity contribution in [1.82, 2.24) is 19.3 Å². The summed E-state index contributed by atoms with van der Waals surface area (Å²) >= 11 is 0. The van der Waals surface area contributed by atoms with Gasteiger partial charge in [0.1, 0.15) is 5.41 Å². The number of hydrogen-bond donors (Lipinski definition) is 0. The minimum atomic E-state index is -1.53. The highest BCUT2D eigenvalue weighted by Gasteiger charge is 2.57. The van der Waals surface area contributed by atoms with Crippen molar-refractivity contribution in [1.29, 1.82) is 0 Å². The number of amides is 4. The van der Waals surface area contributed by atoms with E-state index in [-0.39, 0.29) is 30.4 Å². The van der Waals surface area contributed by atoms with Crippen LogP contribution in [0.2, 0.25) is 0 Å². The number of barbiturate groups is 1. The molecule has 3 aliphatic heterocycles. The first kappa shape index (κ1) is 25.0. The first-order valence-electron chi connectivity index (χ1n) is 12.4. The van der Waals surface area contributed by atoms with Gasteiger partial charge < -0.3 is 18.9 Å². The molecule has 0 spiro atoms. The highest BCUT2D eigenvalue weighted by Crippen LogP contribution is 2.41. The van der Waals surface area contributed by atoms with Crippen LogP contribution in [0.25, 0.3) is 0 Å². The van der Waals surface area contributed by atoms with Gasteiger partial charge in [0.15, 0.2) is 11.5 Å². The zero-order valence-electron chi connectivity index (χ0n) is 21.6. The third kappa shape index (κ3) is 3.99. The molecule has 1 aromatic carbocycles. The third-order valence-corrected chi connectivity index (χ3v) is 8.03. The van der Waals surface area contributed by atoms with Gasteiger partial charge in [-0.05, 0) is 30.0 Å². The summed E-state index contributed by atoms with van der Waals surface area (Å²) in [5, 5.41) is 0. The van der Waals surface area contributed by atoms with Crippen LogP contribution in [0.4, 0.5) is 4.79 Å². The third-order valence-electron chi connectivity index (χ3n) is 8.03. The molecule has 4 amide bonds. The molecule has 0 N–H and O–H groups in total. The molecule has 5 rings (SSSR count). The maximum Gasteiger partial charge on any atom is 0.332 e. The van der Waals surface area contributed by atoms with Crippen LogP contribution in [0.3, 0.4) is 0 Å². The Balaban J connectivity index is 1.54. The number of piperidine rings is 1. The standard InChI is InChI=1S/C27H32N4O6/c1-28-24(33)27(25(34)29(2)26(28)35,12-18-7-5-9-21(36-3)23(18)37-4)16-30-13-17-11-19(15-30)20-8-6-10-22(32)31(20)14-17/h5-10,17,19H,11-16H2,1-4H3. The van der Waals surface area contributed by atoms with Crippen LogP contribution in [-0.4, -0.2) is 85.1 Å². The summed E-state index contributed by atoms with van der Waals surface area (Å²) in [5.41, 5.74) is 0.108. The number of imide groups is 2. The van der Waals surface area contributed by atoms with E-state index in [1.54, 1.807) is 24.3 Å². The molecular weight excluding hydrogens is 476 g/mol. The number of ether oxygens (including phenoxy) is 2. The van der Waals surface area contributed by atoms with Gasteiger partial charge in [-0.2, -0.15) is 0 Å². The number of fused-ring (bicyclic) bond motifs is 4. The predicted molar refractivity (Wildman–Crippen MR) is 135 cm³/mol. The minimum Gasteiger partial charge on any atom is -0.493 e. The summed E-state index contributed by atoms with van der Waals surface area (Å²) in [5.74, 6) is 0.237. The number of nitrogens with zero attached hydrogens (tertiary/aromatic N) is 4. The highest BCUT2D eigenvalue weighted by atomic mass is 16.5. The van der Waals surface area contributed by atoms with Gasteiger partial charge in [-0.15, -0.1) is 0 Å². The molecule has 3 aliphatic rings. The first-order valence-corrected chi connectivity index (χ1v) is 12.4. The fraction of sp³-hybridized carbons (Fsp3) is 0.481. The van der Waals surface area contributed by atoms with Crippen LogP contribution in [0.15, 0.2) is 41.2 Å². The van der Waals surface area contributed by atoms with Crippen LogP contribution >= 0.6 is 0 Å². The summed E-state index contributed by atoms with van der Waals surface area (Å²) in [7, 11) is 5.88. The molecule has 196 valence electrons. The smallest absolute Gasteiger partial charge is 0.332 e. The molecule has 4 heterocycles. The molecule has 2 saturated heterocycles. The van der Waals surface area contributed by atoms with Crippen LogP contribution in [0.5, 0.6) is 11.5 Å². The van der Waals surface area contributed by atoms with Crippen LogP contribution in [-0.2, 0) is 22.6 Å². The Morgan fingerprint density at radius 2 is 1.59 bits per heavy atom. The summed E-state index contributed by atoms with van der Waals surface area (Å²) in [6.45, 7) is 2.02. The average Bonchev–Trinajstić information content (AvgIpc) is 2.90. The van der Waals surface area contributed by atoms with Gasteiger partial charge in [0.2, 0.25) is 11.8 Å². The second kappa shape index (κ2) is 9.33. The summed E-state index contributed by atoms with van der Waals surface area (Å²) in [6.07, 6.45) is 1.01. The lowest BCUT2D eigenvalue weighted by molar-refractivity contribution is -0.159. The van der Waals surface area contributed by atoms with Crippen LogP contribution in [0, 0.1) is 11.3 Å². The number of pyridine rings is 1. The second-order valence-corrected chi connectivity index (χ2v) is 10.3. The van der Waals surface area contributed by atoms with E-state index >= 15 is 0 Å². The van der Waals surface area contributed by atoms with Crippen molar-refractivity contribution in [2.45, 2.75) is 25.3 Å². The normalized spacial score (nSPS) is 23.2. The Kier molecular flexibility index (Phi) is 6.31. The molecule has 10 nitrogen and oxygen atoms in total. The number of rotatable bonds is 6. The zero-order valence-corrected chi connectivity index (χ0v) is 21.6. The van der Waals surface area contributed by atoms with E-state index in [9.17, 15) is 19.2 Å². The van der Waals surface area contributed by atoms with E-state index in [0.717, 1.165) is 21.9 Å². The summed E-state index contributed by atoms with van der Waals surface area (Å²) in [6, 6.07) is 10.1. The summed E-state index contributed by atoms with van der Waals surface area (Å²) < 4.78 is 12.9. The number of methoxy groups -OCH3 is 2. The molecule has 0 saturated carbocycles. The van der Waals surface area contributed by atoms with E-state index in [4.69, 9.17) is 9.47 Å². The lowest BCUT2D eigenvalue weighted by atomic mass is 9.75. The molecule has 2 fully saturated rings. The second-order valence-electron chi connectivity index (χ2n) is 10.3. The van der Waals surface area contributed by atoms with Crippen molar-refractivity contribution < 1.29 is 23.9 Å². The van der Waals surface area contributed by atoms with E-state index in [0.29, 0.717) is 36.7 Å². The molecular formula is C27H32N4O6. The molecule has 0 radical (unpaired) electrons. The number of aromatic nitrogens is 1. The molecule has 37 heavy (non-hydrogen) atoms. The van der Waals surface area contributed by atoms with Crippen molar-refractivity contribution in [3.63, 3.8) is 0 Å². The molecule has 2 atom stereocenters. The average molecular weight is 509 g/mol. The molecule has 10 heteroatoms. The highest BCUT2D eigenvalue weighted by molar-refractivity contribution is 6.19. The topological polar surface area (TPSA) is 101 Å². The van der Waals surface area contributed by atoms with Gasteiger partial charge in [-0.25, -0.2) is 4.79 Å². The Bertz CT molecular complexity index is 1300. The predicted octanol–water partition coefficient (Wildman–Crippen LogP) is 1.56. The van der Waals surface area contributed by atoms with Gasteiger partial charge in [0.25, 0.3) is 5.56 Å². The summed E-state index contributed by atoms with van der Waals surface area (Å²) in [4.78, 5) is 57.0. The lowest BCUT2D eigenvalue weighted by Crippen LogP contribution is -2.67. The molecule has 1 aromatic heterocycles. The van der Waals surface area contributed by atoms with Gasteiger partial charge in [-0.3, -0.25) is 24.2 Å². The fourth-order valence-electron chi connectivity index (χ4n) is 6.40. The Morgan fingerprint density at radius 3 is 2.27 bits per heavy atom. The van der Waals surface area contributed by atoms with Crippen molar-refractivity contribution in [2.24, 2.45) is 11.3 Å².